The lowest BCUT2D eigenvalue weighted by Gasteiger charge is -2.07. The first kappa shape index (κ1) is 17.5. The number of rotatable bonds is 4. The number of carbonyl (C=O) groups is 1. The number of halogens is 1. The number of carbonyl (C=O) groups excluding carboxylic acids is 1. The van der Waals surface area contributed by atoms with Crippen LogP contribution in [0.15, 0.2) is 58.3 Å². The summed E-state index contributed by atoms with van der Waals surface area (Å²) in [5.74, 6) is 1.49. The summed E-state index contributed by atoms with van der Waals surface area (Å²) in [5.41, 5.74) is 3.56. The molecule has 2 aromatic carbocycles. The first-order valence-electron chi connectivity index (χ1n) is 8.04. The summed E-state index contributed by atoms with van der Waals surface area (Å²) in [4.78, 5) is 12.7. The third-order valence-electron chi connectivity index (χ3n) is 3.83. The van der Waals surface area contributed by atoms with Crippen LogP contribution in [0.5, 0.6) is 11.5 Å². The number of aryl methyl sites for hydroxylation is 1. The fraction of sp³-hybridized carbons (Fsp3) is 0.190. The van der Waals surface area contributed by atoms with Gasteiger partial charge in [0, 0.05) is 10.5 Å². The molecule has 0 fully saturated rings. The standard InChI is InChI=1S/C21H19BrO3/c1-13(2)7-8-24-17-9-14(3)20-18(12-17)25-19(21(20)23)11-15-5-4-6-16(22)10-15/h4-7,9-12H,8H2,1-3H3/b19-11-. The van der Waals surface area contributed by atoms with E-state index in [4.69, 9.17) is 9.47 Å². The molecule has 0 aliphatic carbocycles. The zero-order valence-electron chi connectivity index (χ0n) is 14.4. The van der Waals surface area contributed by atoms with Crippen molar-refractivity contribution in [1.29, 1.82) is 0 Å². The van der Waals surface area contributed by atoms with Crippen molar-refractivity contribution in [3.8, 4) is 11.5 Å². The van der Waals surface area contributed by atoms with Crippen LogP contribution in [0.3, 0.4) is 0 Å². The van der Waals surface area contributed by atoms with Gasteiger partial charge in [0.15, 0.2) is 5.76 Å². The van der Waals surface area contributed by atoms with Crippen molar-refractivity contribution in [3.05, 3.63) is 75.0 Å². The predicted octanol–water partition coefficient (Wildman–Crippen LogP) is 5.72. The van der Waals surface area contributed by atoms with Crippen LogP contribution in [-0.4, -0.2) is 12.4 Å². The van der Waals surface area contributed by atoms with E-state index >= 15 is 0 Å². The van der Waals surface area contributed by atoms with E-state index in [1.807, 2.05) is 57.2 Å². The van der Waals surface area contributed by atoms with Gasteiger partial charge in [-0.2, -0.15) is 0 Å². The van der Waals surface area contributed by atoms with Gasteiger partial charge in [0.25, 0.3) is 0 Å². The summed E-state index contributed by atoms with van der Waals surface area (Å²) >= 11 is 3.43. The molecule has 25 heavy (non-hydrogen) atoms. The molecule has 3 nitrogen and oxygen atoms in total. The Morgan fingerprint density at radius 1 is 1.24 bits per heavy atom. The third-order valence-corrected chi connectivity index (χ3v) is 4.32. The Balaban J connectivity index is 1.88. The zero-order chi connectivity index (χ0) is 18.0. The highest BCUT2D eigenvalue weighted by molar-refractivity contribution is 9.10. The molecular formula is C21H19BrO3. The van der Waals surface area contributed by atoms with Crippen LogP contribution in [0.1, 0.15) is 35.3 Å². The Labute approximate surface area is 156 Å². The van der Waals surface area contributed by atoms with Gasteiger partial charge in [-0.25, -0.2) is 0 Å². The highest BCUT2D eigenvalue weighted by Gasteiger charge is 2.29. The maximum absolute atomic E-state index is 12.7. The molecule has 2 aromatic rings. The molecule has 0 atom stereocenters. The molecular weight excluding hydrogens is 380 g/mol. The van der Waals surface area contributed by atoms with Crippen LogP contribution in [0, 0.1) is 6.92 Å². The summed E-state index contributed by atoms with van der Waals surface area (Å²) in [6, 6.07) is 11.4. The summed E-state index contributed by atoms with van der Waals surface area (Å²) in [5, 5.41) is 0. The molecule has 0 saturated carbocycles. The lowest BCUT2D eigenvalue weighted by Crippen LogP contribution is -2.00. The molecule has 3 rings (SSSR count). The number of hydrogen-bond donors (Lipinski definition) is 0. The molecule has 128 valence electrons. The SMILES string of the molecule is CC(C)=CCOc1cc(C)c2c(c1)O/C(=C\c1cccc(Br)c1)C2=O. The van der Waals surface area contributed by atoms with Crippen LogP contribution in [0.2, 0.25) is 0 Å². The van der Waals surface area contributed by atoms with Crippen molar-refractivity contribution in [2.24, 2.45) is 0 Å². The summed E-state index contributed by atoms with van der Waals surface area (Å²) in [7, 11) is 0. The maximum atomic E-state index is 12.7. The van der Waals surface area contributed by atoms with Gasteiger partial charge in [-0.15, -0.1) is 0 Å². The van der Waals surface area contributed by atoms with Crippen LogP contribution < -0.4 is 9.47 Å². The Morgan fingerprint density at radius 2 is 2.04 bits per heavy atom. The van der Waals surface area contributed by atoms with Crippen LogP contribution >= 0.6 is 15.9 Å². The highest BCUT2D eigenvalue weighted by atomic mass is 79.9. The largest absolute Gasteiger partial charge is 0.489 e. The smallest absolute Gasteiger partial charge is 0.232 e. The van der Waals surface area contributed by atoms with Crippen LogP contribution in [-0.2, 0) is 0 Å². The van der Waals surface area contributed by atoms with Crippen molar-refractivity contribution < 1.29 is 14.3 Å². The Hall–Kier alpha value is -2.33. The Kier molecular flexibility index (Phi) is 5.09. The molecule has 0 unspecified atom stereocenters. The number of benzene rings is 2. The second kappa shape index (κ2) is 7.28. The molecule has 0 amide bonds. The molecule has 1 heterocycles. The second-order valence-corrected chi connectivity index (χ2v) is 7.12. The van der Waals surface area contributed by atoms with Gasteiger partial charge in [-0.3, -0.25) is 4.79 Å². The summed E-state index contributed by atoms with van der Waals surface area (Å²) < 4.78 is 12.5. The fourth-order valence-electron chi connectivity index (χ4n) is 2.61. The third kappa shape index (κ3) is 4.02. The second-order valence-electron chi connectivity index (χ2n) is 6.20. The van der Waals surface area contributed by atoms with E-state index in [0.717, 1.165) is 15.6 Å². The molecule has 0 bridgehead atoms. The molecule has 0 aromatic heterocycles. The van der Waals surface area contributed by atoms with Gasteiger partial charge in [0.1, 0.15) is 18.1 Å². The molecule has 0 radical (unpaired) electrons. The highest BCUT2D eigenvalue weighted by Crippen LogP contribution is 2.37. The van der Waals surface area contributed by atoms with E-state index in [0.29, 0.717) is 29.4 Å². The van der Waals surface area contributed by atoms with E-state index in [2.05, 4.69) is 15.9 Å². The quantitative estimate of drug-likeness (QED) is 0.487. The zero-order valence-corrected chi connectivity index (χ0v) is 16.0. The molecule has 1 aliphatic heterocycles. The van der Waals surface area contributed by atoms with Crippen molar-refractivity contribution in [1.82, 2.24) is 0 Å². The minimum Gasteiger partial charge on any atom is -0.489 e. The number of Topliss-reactive ketones (excluding diaryl/α,β-unsaturated/α-hetero) is 1. The molecule has 0 N–H and O–H groups in total. The van der Waals surface area contributed by atoms with Gasteiger partial charge in [0.2, 0.25) is 5.78 Å². The average molecular weight is 399 g/mol. The summed E-state index contributed by atoms with van der Waals surface area (Å²) in [6.07, 6.45) is 3.77. The fourth-order valence-corrected chi connectivity index (χ4v) is 3.03. The number of ketones is 1. The van der Waals surface area contributed by atoms with Crippen molar-refractivity contribution in [2.45, 2.75) is 20.8 Å². The van der Waals surface area contributed by atoms with Gasteiger partial charge >= 0.3 is 0 Å². The number of ether oxygens (including phenoxy) is 2. The lowest BCUT2D eigenvalue weighted by molar-refractivity contribution is 0.101. The maximum Gasteiger partial charge on any atom is 0.232 e. The van der Waals surface area contributed by atoms with E-state index in [-0.39, 0.29) is 5.78 Å². The van der Waals surface area contributed by atoms with E-state index < -0.39 is 0 Å². The van der Waals surface area contributed by atoms with Gasteiger partial charge in [0.05, 0.1) is 5.56 Å². The molecule has 0 spiro atoms. The lowest BCUT2D eigenvalue weighted by atomic mass is 10.0. The topological polar surface area (TPSA) is 35.5 Å². The first-order chi connectivity index (χ1) is 11.9. The van der Waals surface area contributed by atoms with Crippen molar-refractivity contribution >= 4 is 27.8 Å². The number of allylic oxidation sites excluding steroid dienone is 2. The number of fused-ring (bicyclic) bond motifs is 1. The van der Waals surface area contributed by atoms with Gasteiger partial charge in [-0.05, 0) is 62.2 Å². The first-order valence-corrected chi connectivity index (χ1v) is 8.84. The monoisotopic (exact) mass is 398 g/mol. The molecule has 4 heteroatoms. The predicted molar refractivity (Wildman–Crippen MR) is 103 cm³/mol. The Bertz CT molecular complexity index is 890. The molecule has 1 aliphatic rings. The van der Waals surface area contributed by atoms with Crippen molar-refractivity contribution in [3.63, 3.8) is 0 Å². The molecule has 0 saturated heterocycles. The van der Waals surface area contributed by atoms with E-state index in [1.165, 1.54) is 5.57 Å². The van der Waals surface area contributed by atoms with Gasteiger partial charge < -0.3 is 9.47 Å². The van der Waals surface area contributed by atoms with Crippen molar-refractivity contribution in [2.75, 3.05) is 6.61 Å². The van der Waals surface area contributed by atoms with E-state index in [1.54, 1.807) is 12.1 Å². The average Bonchev–Trinajstić information content (AvgIpc) is 2.83. The van der Waals surface area contributed by atoms with Gasteiger partial charge in [-0.1, -0.05) is 33.6 Å². The van der Waals surface area contributed by atoms with E-state index in [9.17, 15) is 4.79 Å². The van der Waals surface area contributed by atoms with Crippen LogP contribution in [0.25, 0.3) is 6.08 Å². The minimum atomic E-state index is -0.0941. The number of hydrogen-bond acceptors (Lipinski definition) is 3. The summed E-state index contributed by atoms with van der Waals surface area (Å²) in [6.45, 7) is 6.45. The minimum absolute atomic E-state index is 0.0941. The normalized spacial score (nSPS) is 14.2. The van der Waals surface area contributed by atoms with Crippen LogP contribution in [0.4, 0.5) is 0 Å². The Morgan fingerprint density at radius 3 is 2.76 bits per heavy atom.